The first-order valence-electron chi connectivity index (χ1n) is 5.94. The molecule has 0 saturated carbocycles. The first kappa shape index (κ1) is 14.7. The van der Waals surface area contributed by atoms with Crippen LogP contribution in [-0.2, 0) is 9.53 Å². The van der Waals surface area contributed by atoms with E-state index < -0.39 is 8.07 Å². The highest BCUT2D eigenvalue weighted by molar-refractivity contribution is 6.76. The Morgan fingerprint density at radius 3 is 2.27 bits per heavy atom. The van der Waals surface area contributed by atoms with Crippen molar-refractivity contribution in [2.45, 2.75) is 58.3 Å². The molecule has 3 heteroatoms. The minimum absolute atomic E-state index is 0.0693. The van der Waals surface area contributed by atoms with Gasteiger partial charge in [0.2, 0.25) is 0 Å². The molecule has 0 aromatic rings. The fraction of sp³-hybridized carbons (Fsp3) is 0.917. The molecule has 0 spiro atoms. The monoisotopic (exact) mass is 230 g/mol. The lowest BCUT2D eigenvalue weighted by molar-refractivity contribution is -0.145. The number of unbranched alkanes of at least 4 members (excludes halogenated alkanes) is 2. The maximum atomic E-state index is 11.1. The van der Waals surface area contributed by atoms with E-state index in [2.05, 4.69) is 19.6 Å². The molecule has 1 atom stereocenters. The molecule has 0 aromatic heterocycles. The van der Waals surface area contributed by atoms with Crippen molar-refractivity contribution in [1.29, 1.82) is 0 Å². The van der Waals surface area contributed by atoms with Crippen LogP contribution in [0.15, 0.2) is 0 Å². The zero-order chi connectivity index (χ0) is 11.9. The zero-order valence-corrected chi connectivity index (χ0v) is 11.9. The number of rotatable bonds is 7. The minimum atomic E-state index is -0.855. The van der Waals surface area contributed by atoms with Gasteiger partial charge in [0.15, 0.2) is 0 Å². The summed E-state index contributed by atoms with van der Waals surface area (Å²) in [5.41, 5.74) is 0. The molecule has 0 fully saturated rings. The highest BCUT2D eigenvalue weighted by Gasteiger charge is 2.14. The first-order chi connectivity index (χ1) is 6.87. The van der Waals surface area contributed by atoms with Gasteiger partial charge in [0.25, 0.3) is 0 Å². The number of hydrogen-bond acceptors (Lipinski definition) is 2. The highest BCUT2D eigenvalue weighted by Crippen LogP contribution is 2.16. The van der Waals surface area contributed by atoms with Gasteiger partial charge < -0.3 is 4.74 Å². The number of ether oxygens (including phenoxy) is 1. The maximum Gasteiger partial charge on any atom is 0.308 e. The normalized spacial score (nSPS) is 13.7. The molecule has 0 aliphatic carbocycles. The molecule has 0 radical (unpaired) electrons. The Labute approximate surface area is 95.4 Å². The Bertz CT molecular complexity index is 185. The Morgan fingerprint density at radius 1 is 1.20 bits per heavy atom. The predicted octanol–water partition coefficient (Wildman–Crippen LogP) is 3.69. The lowest BCUT2D eigenvalue weighted by Gasteiger charge is -2.15. The molecule has 90 valence electrons. The number of hydrogen-bond donors (Lipinski definition) is 0. The third kappa shape index (κ3) is 8.67. The molecule has 0 N–H and O–H groups in total. The summed E-state index contributed by atoms with van der Waals surface area (Å²) in [6.07, 6.45) is 4.70. The number of carbonyl (C=O) groups excluding carboxylic acids is 1. The molecule has 0 aliphatic rings. The molecule has 1 unspecified atom stereocenters. The summed E-state index contributed by atoms with van der Waals surface area (Å²) in [5, 5.41) is 0. The zero-order valence-electron chi connectivity index (χ0n) is 10.9. The summed E-state index contributed by atoms with van der Waals surface area (Å²) >= 11 is 0. The third-order valence-corrected chi connectivity index (χ3v) is 4.52. The largest absolute Gasteiger partial charge is 0.469 e. The second-order valence-corrected chi connectivity index (χ2v) is 11.2. The SMILES string of the molecule is COC(=O)C(C)CCCCC[Si](C)(C)C. The average molecular weight is 230 g/mol. The standard InChI is InChI=1S/C12H26O2Si/c1-11(12(13)14-2)9-7-6-8-10-15(3,4)5/h11H,6-10H2,1-5H3. The Kier molecular flexibility index (Phi) is 6.90. The molecular weight excluding hydrogens is 204 g/mol. The van der Waals surface area contributed by atoms with E-state index >= 15 is 0 Å². The van der Waals surface area contributed by atoms with Crippen molar-refractivity contribution < 1.29 is 9.53 Å². The van der Waals surface area contributed by atoms with E-state index in [-0.39, 0.29) is 11.9 Å². The quantitative estimate of drug-likeness (QED) is 0.379. The van der Waals surface area contributed by atoms with Crippen molar-refractivity contribution in [1.82, 2.24) is 0 Å². The number of esters is 1. The van der Waals surface area contributed by atoms with Crippen LogP contribution in [0.4, 0.5) is 0 Å². The van der Waals surface area contributed by atoms with E-state index in [1.54, 1.807) is 0 Å². The van der Waals surface area contributed by atoms with E-state index in [1.807, 2.05) is 6.92 Å². The molecule has 0 aromatic carbocycles. The van der Waals surface area contributed by atoms with E-state index in [0.717, 1.165) is 12.8 Å². The third-order valence-electron chi connectivity index (χ3n) is 2.67. The number of carbonyl (C=O) groups is 1. The summed E-state index contributed by atoms with van der Waals surface area (Å²) in [7, 11) is 0.608. The van der Waals surface area contributed by atoms with Gasteiger partial charge >= 0.3 is 5.97 Å². The van der Waals surface area contributed by atoms with Gasteiger partial charge in [0.05, 0.1) is 13.0 Å². The number of methoxy groups -OCH3 is 1. The molecule has 0 aliphatic heterocycles. The van der Waals surface area contributed by atoms with Crippen molar-refractivity contribution in [2.24, 2.45) is 5.92 Å². The van der Waals surface area contributed by atoms with E-state index in [9.17, 15) is 4.79 Å². The lowest BCUT2D eigenvalue weighted by Crippen LogP contribution is -2.18. The Morgan fingerprint density at radius 2 is 1.80 bits per heavy atom. The van der Waals surface area contributed by atoms with Gasteiger partial charge in [-0.1, -0.05) is 51.9 Å². The van der Waals surface area contributed by atoms with Crippen molar-refractivity contribution in [3.63, 3.8) is 0 Å². The van der Waals surface area contributed by atoms with Gasteiger partial charge in [0, 0.05) is 8.07 Å². The van der Waals surface area contributed by atoms with Crippen LogP contribution in [0.5, 0.6) is 0 Å². The van der Waals surface area contributed by atoms with Crippen LogP contribution >= 0.6 is 0 Å². The van der Waals surface area contributed by atoms with Crippen molar-refractivity contribution in [2.75, 3.05) is 7.11 Å². The molecule has 0 rings (SSSR count). The van der Waals surface area contributed by atoms with E-state index in [0.29, 0.717) is 0 Å². The lowest BCUT2D eigenvalue weighted by atomic mass is 10.0. The molecule has 0 bridgehead atoms. The highest BCUT2D eigenvalue weighted by atomic mass is 28.3. The summed E-state index contributed by atoms with van der Waals surface area (Å²) in [6.45, 7) is 9.17. The molecule has 0 heterocycles. The maximum absolute atomic E-state index is 11.1. The summed E-state index contributed by atoms with van der Waals surface area (Å²) in [6, 6.07) is 1.40. The van der Waals surface area contributed by atoms with E-state index in [4.69, 9.17) is 4.74 Å². The summed E-state index contributed by atoms with van der Waals surface area (Å²) < 4.78 is 4.69. The summed E-state index contributed by atoms with van der Waals surface area (Å²) in [5.74, 6) is 0.00192. The molecular formula is C12H26O2Si. The Balaban J connectivity index is 3.43. The van der Waals surface area contributed by atoms with Crippen LogP contribution in [0, 0.1) is 5.92 Å². The fourth-order valence-electron chi connectivity index (χ4n) is 1.60. The van der Waals surface area contributed by atoms with Gasteiger partial charge in [-0.15, -0.1) is 0 Å². The molecule has 0 saturated heterocycles. The summed E-state index contributed by atoms with van der Waals surface area (Å²) in [4.78, 5) is 11.1. The van der Waals surface area contributed by atoms with Crippen molar-refractivity contribution >= 4 is 14.0 Å². The van der Waals surface area contributed by atoms with Crippen LogP contribution in [0.3, 0.4) is 0 Å². The van der Waals surface area contributed by atoms with Gasteiger partial charge in [-0.25, -0.2) is 0 Å². The van der Waals surface area contributed by atoms with Crippen molar-refractivity contribution in [3.05, 3.63) is 0 Å². The van der Waals surface area contributed by atoms with Gasteiger partial charge in [0.1, 0.15) is 0 Å². The topological polar surface area (TPSA) is 26.3 Å². The van der Waals surface area contributed by atoms with Crippen LogP contribution in [-0.4, -0.2) is 21.2 Å². The van der Waals surface area contributed by atoms with E-state index in [1.165, 1.54) is 26.0 Å². The molecule has 15 heavy (non-hydrogen) atoms. The fourth-order valence-corrected chi connectivity index (χ4v) is 2.91. The van der Waals surface area contributed by atoms with Gasteiger partial charge in [-0.3, -0.25) is 4.79 Å². The van der Waals surface area contributed by atoms with Crippen LogP contribution in [0.1, 0.15) is 32.6 Å². The van der Waals surface area contributed by atoms with Crippen LogP contribution in [0.2, 0.25) is 25.7 Å². The Hall–Kier alpha value is -0.313. The average Bonchev–Trinajstić information content (AvgIpc) is 2.14. The second kappa shape index (κ2) is 7.04. The second-order valence-electron chi connectivity index (χ2n) is 5.58. The van der Waals surface area contributed by atoms with Crippen molar-refractivity contribution in [3.8, 4) is 0 Å². The molecule has 2 nitrogen and oxygen atoms in total. The van der Waals surface area contributed by atoms with Crippen LogP contribution in [0.25, 0.3) is 0 Å². The minimum Gasteiger partial charge on any atom is -0.469 e. The smallest absolute Gasteiger partial charge is 0.308 e. The first-order valence-corrected chi connectivity index (χ1v) is 9.65. The van der Waals surface area contributed by atoms with Gasteiger partial charge in [-0.2, -0.15) is 0 Å². The van der Waals surface area contributed by atoms with Crippen LogP contribution < -0.4 is 0 Å². The van der Waals surface area contributed by atoms with Gasteiger partial charge in [-0.05, 0) is 6.42 Å². The molecule has 0 amide bonds. The predicted molar refractivity (Wildman–Crippen MR) is 67.8 cm³/mol.